The molecule has 0 saturated carbocycles. The van der Waals surface area contributed by atoms with E-state index in [1.165, 1.54) is 18.2 Å². The Hall–Kier alpha value is -2.75. The Bertz CT molecular complexity index is 973. The van der Waals surface area contributed by atoms with E-state index in [9.17, 15) is 4.79 Å². The number of hydrogen-bond acceptors (Lipinski definition) is 8. The molecule has 1 aliphatic rings. The predicted octanol–water partition coefficient (Wildman–Crippen LogP) is 3.43. The number of anilines is 2. The highest BCUT2D eigenvalue weighted by Gasteiger charge is 2.27. The van der Waals surface area contributed by atoms with Gasteiger partial charge in [0, 0.05) is 19.2 Å². The minimum Gasteiger partial charge on any atom is -0.467 e. The van der Waals surface area contributed by atoms with Crippen LogP contribution < -0.4 is 10.2 Å². The molecule has 2 unspecified atom stereocenters. The molecule has 4 heterocycles. The maximum absolute atomic E-state index is 12.3. The molecule has 0 aliphatic carbocycles. The number of thioether (sulfide) groups is 1. The van der Waals surface area contributed by atoms with E-state index in [2.05, 4.69) is 39.4 Å². The number of carbonyl (C=O) groups excluding carboxylic acids is 1. The van der Waals surface area contributed by atoms with Gasteiger partial charge in [0.25, 0.3) is 0 Å². The molecular formula is C20H26N6O3S. The molecule has 0 bridgehead atoms. The van der Waals surface area contributed by atoms with Crippen LogP contribution in [-0.4, -0.2) is 44.7 Å². The van der Waals surface area contributed by atoms with Gasteiger partial charge in [0.15, 0.2) is 11.0 Å². The fourth-order valence-corrected chi connectivity index (χ4v) is 4.61. The first-order valence-electron chi connectivity index (χ1n) is 10.0. The zero-order chi connectivity index (χ0) is 21.1. The molecule has 0 spiro atoms. The first-order valence-corrected chi connectivity index (χ1v) is 11.0. The molecule has 1 fully saturated rings. The second-order valence-corrected chi connectivity index (χ2v) is 8.90. The van der Waals surface area contributed by atoms with E-state index in [-0.39, 0.29) is 11.7 Å². The number of aryl methyl sites for hydroxylation is 1. The van der Waals surface area contributed by atoms with Gasteiger partial charge < -0.3 is 19.2 Å². The number of piperidine rings is 1. The van der Waals surface area contributed by atoms with Crippen LogP contribution in [0.3, 0.4) is 0 Å². The molecule has 30 heavy (non-hydrogen) atoms. The number of hydrogen-bond donors (Lipinski definition) is 1. The van der Waals surface area contributed by atoms with Crippen molar-refractivity contribution >= 4 is 29.4 Å². The van der Waals surface area contributed by atoms with Gasteiger partial charge in [-0.05, 0) is 37.3 Å². The Morgan fingerprint density at radius 2 is 2.10 bits per heavy atom. The Morgan fingerprint density at radius 1 is 1.30 bits per heavy atom. The molecule has 3 aromatic rings. The van der Waals surface area contributed by atoms with Gasteiger partial charge in [0.05, 0.1) is 18.6 Å². The molecule has 1 amide bonds. The van der Waals surface area contributed by atoms with Crippen LogP contribution >= 0.6 is 11.8 Å². The van der Waals surface area contributed by atoms with Crippen molar-refractivity contribution in [3.63, 3.8) is 0 Å². The Kier molecular flexibility index (Phi) is 6.12. The smallest absolute Gasteiger partial charge is 0.236 e. The highest BCUT2D eigenvalue weighted by atomic mass is 32.2. The van der Waals surface area contributed by atoms with Gasteiger partial charge in [-0.1, -0.05) is 30.8 Å². The monoisotopic (exact) mass is 430 g/mol. The van der Waals surface area contributed by atoms with Crippen molar-refractivity contribution in [2.24, 2.45) is 11.8 Å². The Morgan fingerprint density at radius 3 is 2.77 bits per heavy atom. The second-order valence-electron chi connectivity index (χ2n) is 7.96. The van der Waals surface area contributed by atoms with Crippen LogP contribution in [0.25, 0.3) is 0 Å². The van der Waals surface area contributed by atoms with Crippen molar-refractivity contribution < 1.29 is 13.7 Å². The maximum atomic E-state index is 12.3. The van der Waals surface area contributed by atoms with Crippen molar-refractivity contribution in [3.05, 3.63) is 36.0 Å². The average Bonchev–Trinajstić information content (AvgIpc) is 3.42. The van der Waals surface area contributed by atoms with Crippen molar-refractivity contribution in [2.45, 2.75) is 38.9 Å². The largest absolute Gasteiger partial charge is 0.467 e. The lowest BCUT2D eigenvalue weighted by Gasteiger charge is -2.35. The van der Waals surface area contributed by atoms with E-state index < -0.39 is 0 Å². The number of aromatic nitrogens is 4. The normalized spacial score (nSPS) is 19.2. The number of carbonyl (C=O) groups is 1. The lowest BCUT2D eigenvalue weighted by Crippen LogP contribution is -2.40. The summed E-state index contributed by atoms with van der Waals surface area (Å²) in [5, 5.41) is 16.1. The average molecular weight is 431 g/mol. The summed E-state index contributed by atoms with van der Waals surface area (Å²) in [4.78, 5) is 14.6. The second kappa shape index (κ2) is 8.95. The van der Waals surface area contributed by atoms with Crippen molar-refractivity contribution in [3.8, 4) is 0 Å². The van der Waals surface area contributed by atoms with E-state index >= 15 is 0 Å². The van der Waals surface area contributed by atoms with Gasteiger partial charge in [0.2, 0.25) is 11.9 Å². The standard InChI is InChI=1S/C20H26N6O3S/c1-13-7-14(2)10-25(9-13)19-22-23-20(26(19)11-16-5-4-6-28-16)30-12-18(27)21-17-8-15(3)29-24-17/h4-6,8,13-14H,7,9-12H2,1-3H3,(H,21,24,27). The molecular weight excluding hydrogens is 404 g/mol. The van der Waals surface area contributed by atoms with E-state index in [1.54, 1.807) is 19.3 Å². The summed E-state index contributed by atoms with van der Waals surface area (Å²) >= 11 is 1.34. The molecule has 1 N–H and O–H groups in total. The molecule has 160 valence electrons. The molecule has 4 rings (SSSR count). The van der Waals surface area contributed by atoms with Gasteiger partial charge in [-0.25, -0.2) is 0 Å². The molecule has 3 aromatic heterocycles. The first-order chi connectivity index (χ1) is 14.5. The summed E-state index contributed by atoms with van der Waals surface area (Å²) < 4.78 is 12.6. The SMILES string of the molecule is Cc1cc(NC(=O)CSc2nnc(N3CC(C)CC(C)C3)n2Cc2ccco2)no1. The number of amides is 1. The molecule has 1 saturated heterocycles. The zero-order valence-corrected chi connectivity index (χ0v) is 18.2. The quantitative estimate of drug-likeness (QED) is 0.569. The van der Waals surface area contributed by atoms with Crippen molar-refractivity contribution in [1.29, 1.82) is 0 Å². The van der Waals surface area contributed by atoms with E-state index in [1.807, 2.05) is 16.7 Å². The van der Waals surface area contributed by atoms with Crippen LogP contribution in [0.1, 0.15) is 31.8 Å². The van der Waals surface area contributed by atoms with E-state index in [4.69, 9.17) is 8.94 Å². The Labute approximate surface area is 179 Å². The third-order valence-corrected chi connectivity index (χ3v) is 5.94. The van der Waals surface area contributed by atoms with Crippen LogP contribution in [0.15, 0.2) is 38.6 Å². The van der Waals surface area contributed by atoms with Crippen molar-refractivity contribution in [2.75, 3.05) is 29.1 Å². The van der Waals surface area contributed by atoms with Crippen LogP contribution in [0.5, 0.6) is 0 Å². The van der Waals surface area contributed by atoms with Crippen LogP contribution in [0.2, 0.25) is 0 Å². The van der Waals surface area contributed by atoms with Gasteiger partial charge in [-0.2, -0.15) is 0 Å². The predicted molar refractivity (Wildman–Crippen MR) is 114 cm³/mol. The summed E-state index contributed by atoms with van der Waals surface area (Å²) in [6.07, 6.45) is 2.87. The maximum Gasteiger partial charge on any atom is 0.236 e. The lowest BCUT2D eigenvalue weighted by molar-refractivity contribution is -0.113. The molecule has 1 aliphatic heterocycles. The van der Waals surface area contributed by atoms with Crippen molar-refractivity contribution in [1.82, 2.24) is 19.9 Å². The Balaban J connectivity index is 1.50. The summed E-state index contributed by atoms with van der Waals surface area (Å²) in [7, 11) is 0. The third kappa shape index (κ3) is 4.86. The van der Waals surface area contributed by atoms with Gasteiger partial charge in [-0.15, -0.1) is 10.2 Å². The highest BCUT2D eigenvalue weighted by molar-refractivity contribution is 7.99. The molecule has 2 atom stereocenters. The molecule has 0 radical (unpaired) electrons. The lowest BCUT2D eigenvalue weighted by atomic mass is 9.92. The van der Waals surface area contributed by atoms with Crippen LogP contribution in [0.4, 0.5) is 11.8 Å². The first kappa shape index (κ1) is 20.5. The number of rotatable bonds is 7. The van der Waals surface area contributed by atoms with E-state index in [0.29, 0.717) is 35.1 Å². The fourth-order valence-electron chi connectivity index (χ4n) is 3.88. The zero-order valence-electron chi connectivity index (χ0n) is 17.4. The third-order valence-electron chi connectivity index (χ3n) is 4.97. The molecule has 9 nitrogen and oxygen atoms in total. The minimum absolute atomic E-state index is 0.178. The summed E-state index contributed by atoms with van der Waals surface area (Å²) in [5.74, 6) is 3.89. The van der Waals surface area contributed by atoms with E-state index in [0.717, 1.165) is 24.8 Å². The minimum atomic E-state index is -0.178. The number of nitrogens with one attached hydrogen (secondary N) is 1. The van der Waals surface area contributed by atoms with Gasteiger partial charge in [-0.3, -0.25) is 9.36 Å². The topological polar surface area (TPSA) is 102 Å². The molecule has 0 aromatic carbocycles. The summed E-state index contributed by atoms with van der Waals surface area (Å²) in [5.41, 5.74) is 0. The molecule has 10 heteroatoms. The summed E-state index contributed by atoms with van der Waals surface area (Å²) in [6.45, 7) is 8.71. The van der Waals surface area contributed by atoms with Gasteiger partial charge >= 0.3 is 0 Å². The summed E-state index contributed by atoms with van der Waals surface area (Å²) in [6, 6.07) is 5.47. The van der Waals surface area contributed by atoms with Crippen LogP contribution in [0, 0.1) is 18.8 Å². The fraction of sp³-hybridized carbons (Fsp3) is 0.500. The highest BCUT2D eigenvalue weighted by Crippen LogP contribution is 2.29. The van der Waals surface area contributed by atoms with Crippen LogP contribution in [-0.2, 0) is 11.3 Å². The number of nitrogens with zero attached hydrogens (tertiary/aromatic N) is 5. The number of furan rings is 1. The van der Waals surface area contributed by atoms with Gasteiger partial charge in [0.1, 0.15) is 11.5 Å².